The molecule has 29 heavy (non-hydrogen) atoms. The Kier molecular flexibility index (Phi) is 15.4. The molecule has 1 rings (SSSR count). The van der Waals surface area contributed by atoms with Crippen LogP contribution >= 0.6 is 0 Å². The van der Waals surface area contributed by atoms with Gasteiger partial charge in [-0.1, -0.05) is 65.5 Å². The topological polar surface area (TPSA) is 43.4 Å². The van der Waals surface area contributed by atoms with Crippen molar-refractivity contribution in [2.75, 3.05) is 45.2 Å². The molecule has 0 aliphatic rings. The van der Waals surface area contributed by atoms with Gasteiger partial charge in [-0.25, -0.2) is 0 Å². The maximum atomic E-state index is 10.4. The van der Waals surface area contributed by atoms with Crippen molar-refractivity contribution in [1.82, 2.24) is 0 Å². The molecule has 0 bridgehead atoms. The summed E-state index contributed by atoms with van der Waals surface area (Å²) in [6, 6.07) is 6.55. The van der Waals surface area contributed by atoms with Crippen LogP contribution in [0.4, 0.5) is 5.69 Å². The van der Waals surface area contributed by atoms with E-state index in [1.165, 1.54) is 94.2 Å². The molecule has 0 saturated heterocycles. The normalized spacial score (nSPS) is 11.0. The van der Waals surface area contributed by atoms with Gasteiger partial charge in [0.15, 0.2) is 0 Å². The minimum absolute atomic E-state index is 0.209. The molecule has 0 aromatic heterocycles. The van der Waals surface area contributed by atoms with Crippen LogP contribution in [0.1, 0.15) is 89.4 Å². The zero-order valence-electron chi connectivity index (χ0n) is 20.0. The zero-order chi connectivity index (χ0) is 22.1. The Morgan fingerprint density at radius 1 is 0.759 bits per heavy atom. The molecule has 0 aliphatic carbocycles. The van der Waals surface area contributed by atoms with Crippen LogP contribution in [0.2, 0.25) is 0 Å². The van der Waals surface area contributed by atoms with Gasteiger partial charge in [0.1, 0.15) is 0 Å². The number of hydrogen-bond donors (Lipinski definition) is 0. The van der Waals surface area contributed by atoms with E-state index in [2.05, 4.69) is 27.7 Å². The van der Waals surface area contributed by atoms with Gasteiger partial charge in [0.25, 0.3) is 0 Å². The fourth-order valence-corrected chi connectivity index (χ4v) is 3.54. The molecule has 0 spiro atoms. The van der Waals surface area contributed by atoms with Crippen LogP contribution in [0.15, 0.2) is 24.3 Å². The Morgan fingerprint density at radius 3 is 1.34 bits per heavy atom. The second kappa shape index (κ2) is 16.3. The third-order valence-corrected chi connectivity index (χ3v) is 5.56. The lowest BCUT2D eigenvalue weighted by molar-refractivity contribution is -0.929. The van der Waals surface area contributed by atoms with Gasteiger partial charge in [-0.3, -0.25) is 0 Å². The lowest BCUT2D eigenvalue weighted by Crippen LogP contribution is -2.50. The number of carbonyl (C=O) groups is 1. The maximum absolute atomic E-state index is 10.4. The average Bonchev–Trinajstić information content (AvgIpc) is 2.73. The molecule has 0 amide bonds. The van der Waals surface area contributed by atoms with Crippen molar-refractivity contribution in [3.05, 3.63) is 29.8 Å². The standard InChI is InChI=1S/C16H36N.C9H11NO2/c1-5-9-13-17(14-10-6-2,15-11-7-3)16-12-8-4;1-10(2)8-5-3-7(4-6-8)9(11)12/h5-16H2,1-4H3;3-6H,1-2H3,(H,11,12)/q+1;/p-1. The molecule has 0 unspecified atom stereocenters. The largest absolute Gasteiger partial charge is 0.545 e. The van der Waals surface area contributed by atoms with Crippen molar-refractivity contribution >= 4 is 11.7 Å². The summed E-state index contributed by atoms with van der Waals surface area (Å²) in [4.78, 5) is 12.3. The molecule has 0 heterocycles. The third-order valence-electron chi connectivity index (χ3n) is 5.56. The van der Waals surface area contributed by atoms with Crippen LogP contribution in [0.25, 0.3) is 0 Å². The summed E-state index contributed by atoms with van der Waals surface area (Å²) in [5, 5.41) is 10.4. The molecular formula is C25H46N2O2. The van der Waals surface area contributed by atoms with Crippen molar-refractivity contribution < 1.29 is 14.4 Å². The van der Waals surface area contributed by atoms with Crippen LogP contribution in [-0.2, 0) is 0 Å². The number of nitrogens with zero attached hydrogens (tertiary/aromatic N) is 2. The molecule has 4 heteroatoms. The molecule has 0 atom stereocenters. The van der Waals surface area contributed by atoms with Gasteiger partial charge < -0.3 is 19.3 Å². The first kappa shape index (κ1) is 27.5. The Labute approximate surface area is 180 Å². The molecule has 0 fully saturated rings. The molecule has 4 nitrogen and oxygen atoms in total. The molecule has 1 aromatic rings. The van der Waals surface area contributed by atoms with Gasteiger partial charge in [-0.2, -0.15) is 0 Å². The summed E-state index contributed by atoms with van der Waals surface area (Å²) < 4.78 is 1.42. The van der Waals surface area contributed by atoms with Crippen LogP contribution in [0, 0.1) is 0 Å². The van der Waals surface area contributed by atoms with E-state index in [0.29, 0.717) is 0 Å². The number of carboxylic acid groups (broad SMARTS) is 1. The van der Waals surface area contributed by atoms with Crippen molar-refractivity contribution in [3.63, 3.8) is 0 Å². The van der Waals surface area contributed by atoms with Gasteiger partial charge in [0.2, 0.25) is 0 Å². The van der Waals surface area contributed by atoms with Crippen molar-refractivity contribution in [2.45, 2.75) is 79.1 Å². The molecule has 1 aromatic carbocycles. The maximum Gasteiger partial charge on any atom is 0.0786 e. The number of quaternary nitrogens is 1. The van der Waals surface area contributed by atoms with E-state index in [-0.39, 0.29) is 5.56 Å². The quantitative estimate of drug-likeness (QED) is 0.403. The third kappa shape index (κ3) is 11.9. The number of carboxylic acids is 1. The minimum Gasteiger partial charge on any atom is -0.545 e. The molecule has 0 saturated carbocycles. The number of anilines is 1. The van der Waals surface area contributed by atoms with Gasteiger partial charge in [0, 0.05) is 19.8 Å². The second-order valence-electron chi connectivity index (χ2n) is 8.38. The summed E-state index contributed by atoms with van der Waals surface area (Å²) >= 11 is 0. The number of benzene rings is 1. The number of carbonyl (C=O) groups excluding carboxylic acids is 1. The Balaban J connectivity index is 0.000000571. The summed E-state index contributed by atoms with van der Waals surface area (Å²) in [5.41, 5.74) is 1.18. The zero-order valence-corrected chi connectivity index (χ0v) is 20.0. The van der Waals surface area contributed by atoms with E-state index in [1.807, 2.05) is 19.0 Å². The van der Waals surface area contributed by atoms with Gasteiger partial charge in [-0.05, 0) is 43.4 Å². The lowest BCUT2D eigenvalue weighted by atomic mass is 10.1. The minimum atomic E-state index is -1.14. The van der Waals surface area contributed by atoms with E-state index >= 15 is 0 Å². The van der Waals surface area contributed by atoms with Crippen LogP contribution in [-0.4, -0.2) is 50.7 Å². The van der Waals surface area contributed by atoms with Crippen LogP contribution < -0.4 is 10.0 Å². The summed E-state index contributed by atoms with van der Waals surface area (Å²) in [6.07, 6.45) is 11.1. The first-order valence-corrected chi connectivity index (χ1v) is 11.7. The number of hydrogen-bond acceptors (Lipinski definition) is 3. The first-order chi connectivity index (χ1) is 13.9. The van der Waals surface area contributed by atoms with E-state index < -0.39 is 5.97 Å². The summed E-state index contributed by atoms with van der Waals surface area (Å²) in [5.74, 6) is -1.14. The monoisotopic (exact) mass is 406 g/mol. The smallest absolute Gasteiger partial charge is 0.0786 e. The Morgan fingerprint density at radius 2 is 1.10 bits per heavy atom. The van der Waals surface area contributed by atoms with Gasteiger partial charge >= 0.3 is 0 Å². The predicted octanol–water partition coefficient (Wildman–Crippen LogP) is 5.12. The van der Waals surface area contributed by atoms with E-state index in [4.69, 9.17) is 0 Å². The summed E-state index contributed by atoms with van der Waals surface area (Å²) in [6.45, 7) is 15.0. The van der Waals surface area contributed by atoms with E-state index in [9.17, 15) is 9.90 Å². The highest BCUT2D eigenvalue weighted by Gasteiger charge is 2.24. The van der Waals surface area contributed by atoms with Crippen molar-refractivity contribution in [1.29, 1.82) is 0 Å². The predicted molar refractivity (Wildman–Crippen MR) is 124 cm³/mol. The Bertz CT molecular complexity index is 489. The molecule has 0 radical (unpaired) electrons. The highest BCUT2D eigenvalue weighted by Crippen LogP contribution is 2.16. The number of aromatic carboxylic acids is 1. The first-order valence-electron chi connectivity index (χ1n) is 11.7. The Hall–Kier alpha value is -1.55. The van der Waals surface area contributed by atoms with Crippen LogP contribution in [0.5, 0.6) is 0 Å². The number of rotatable bonds is 14. The molecule has 0 N–H and O–H groups in total. The van der Waals surface area contributed by atoms with Crippen molar-refractivity contribution in [2.24, 2.45) is 0 Å². The lowest BCUT2D eigenvalue weighted by Gasteiger charge is -2.39. The molecule has 168 valence electrons. The van der Waals surface area contributed by atoms with Crippen LogP contribution in [0.3, 0.4) is 0 Å². The SMILES string of the molecule is CCCC[N+](CCCC)(CCCC)CCCC.CN(C)c1ccc(C(=O)[O-])cc1. The summed E-state index contributed by atoms with van der Waals surface area (Å²) in [7, 11) is 3.79. The highest BCUT2D eigenvalue weighted by atomic mass is 16.4. The molecule has 0 aliphatic heterocycles. The average molecular weight is 407 g/mol. The highest BCUT2D eigenvalue weighted by molar-refractivity contribution is 5.86. The van der Waals surface area contributed by atoms with Crippen molar-refractivity contribution in [3.8, 4) is 0 Å². The number of unbranched alkanes of at least 4 members (excludes halogenated alkanes) is 4. The fourth-order valence-electron chi connectivity index (χ4n) is 3.54. The van der Waals surface area contributed by atoms with Gasteiger partial charge in [0.05, 0.1) is 32.1 Å². The van der Waals surface area contributed by atoms with E-state index in [0.717, 1.165) is 5.69 Å². The van der Waals surface area contributed by atoms with Gasteiger partial charge in [-0.15, -0.1) is 0 Å². The fraction of sp³-hybridized carbons (Fsp3) is 0.720. The second-order valence-corrected chi connectivity index (χ2v) is 8.38. The molecular weight excluding hydrogens is 360 g/mol. The van der Waals surface area contributed by atoms with E-state index in [1.54, 1.807) is 12.1 Å².